The Kier molecular flexibility index (Phi) is 8.02. The summed E-state index contributed by atoms with van der Waals surface area (Å²) >= 11 is 12.1. The highest BCUT2D eigenvalue weighted by molar-refractivity contribution is 6.31. The Morgan fingerprint density at radius 3 is 2.29 bits per heavy atom. The number of carbonyl (C=O) groups excluding carboxylic acids is 2. The zero-order valence-corrected chi connectivity index (χ0v) is 20.9. The van der Waals surface area contributed by atoms with Gasteiger partial charge in [-0.25, -0.2) is 0 Å². The number of hydrogen-bond donors (Lipinski definition) is 0. The van der Waals surface area contributed by atoms with E-state index in [1.807, 2.05) is 34.9 Å². The number of benzene rings is 2. The monoisotopic (exact) mass is 504 g/mol. The minimum absolute atomic E-state index is 0.0148. The van der Waals surface area contributed by atoms with Crippen LogP contribution >= 0.6 is 23.2 Å². The highest BCUT2D eigenvalue weighted by atomic mass is 35.5. The average molecular weight is 505 g/mol. The molecule has 2 aliphatic rings. The van der Waals surface area contributed by atoms with Gasteiger partial charge < -0.3 is 19.3 Å². The number of rotatable bonds is 6. The molecule has 6 nitrogen and oxygen atoms in total. The maximum Gasteiger partial charge on any atom is 0.253 e. The fourth-order valence-corrected chi connectivity index (χ4v) is 4.76. The van der Waals surface area contributed by atoms with Gasteiger partial charge in [0.1, 0.15) is 5.75 Å². The molecule has 0 spiro atoms. The zero-order chi connectivity index (χ0) is 24.1. The first-order valence-electron chi connectivity index (χ1n) is 11.6. The van der Waals surface area contributed by atoms with E-state index in [1.54, 1.807) is 24.3 Å². The molecule has 2 amide bonds. The van der Waals surface area contributed by atoms with Crippen molar-refractivity contribution < 1.29 is 19.1 Å². The lowest BCUT2D eigenvalue weighted by Gasteiger charge is -2.42. The van der Waals surface area contributed by atoms with E-state index in [9.17, 15) is 9.59 Å². The second kappa shape index (κ2) is 11.0. The molecule has 0 aromatic heterocycles. The molecule has 34 heavy (non-hydrogen) atoms. The predicted molar refractivity (Wildman–Crippen MR) is 133 cm³/mol. The summed E-state index contributed by atoms with van der Waals surface area (Å²) in [5, 5.41) is 1.30. The van der Waals surface area contributed by atoms with Gasteiger partial charge in [-0.1, -0.05) is 23.2 Å². The summed E-state index contributed by atoms with van der Waals surface area (Å²) in [6, 6.07) is 12.6. The van der Waals surface area contributed by atoms with E-state index < -0.39 is 0 Å². The maximum absolute atomic E-state index is 13.2. The van der Waals surface area contributed by atoms with Gasteiger partial charge in [-0.05, 0) is 67.8 Å². The van der Waals surface area contributed by atoms with Crippen LogP contribution in [0.25, 0.3) is 0 Å². The van der Waals surface area contributed by atoms with Crippen LogP contribution in [0.3, 0.4) is 0 Å². The molecular weight excluding hydrogens is 475 g/mol. The van der Waals surface area contributed by atoms with Crippen LogP contribution in [-0.4, -0.2) is 67.6 Å². The molecule has 2 aliphatic heterocycles. The molecule has 0 atom stereocenters. The van der Waals surface area contributed by atoms with Gasteiger partial charge in [0.15, 0.2) is 0 Å². The van der Waals surface area contributed by atoms with Crippen molar-refractivity contribution in [2.24, 2.45) is 5.41 Å². The smallest absolute Gasteiger partial charge is 0.253 e. The van der Waals surface area contributed by atoms with E-state index in [4.69, 9.17) is 32.7 Å². The van der Waals surface area contributed by atoms with Crippen molar-refractivity contribution in [1.82, 2.24) is 9.80 Å². The van der Waals surface area contributed by atoms with Gasteiger partial charge in [0.25, 0.3) is 5.91 Å². The number of likely N-dealkylation sites (tertiary alicyclic amines) is 1. The summed E-state index contributed by atoms with van der Waals surface area (Å²) in [6.45, 7) is 5.87. The van der Waals surface area contributed by atoms with Crippen molar-refractivity contribution in [2.45, 2.75) is 26.2 Å². The Hall–Kier alpha value is -2.28. The SMILES string of the molecule is Cc1cc(OCC2(CC(=O)N3CCOCC3)CCN(C(=O)c3ccc(Cl)cc3)CC2)ccc1Cl. The van der Waals surface area contributed by atoms with Crippen molar-refractivity contribution in [3.05, 3.63) is 63.6 Å². The third kappa shape index (κ3) is 6.04. The van der Waals surface area contributed by atoms with Crippen LogP contribution in [0.4, 0.5) is 0 Å². The van der Waals surface area contributed by atoms with Gasteiger partial charge in [0.05, 0.1) is 19.8 Å². The Morgan fingerprint density at radius 1 is 0.971 bits per heavy atom. The fraction of sp³-hybridized carbons (Fsp3) is 0.462. The van der Waals surface area contributed by atoms with Crippen LogP contribution in [-0.2, 0) is 9.53 Å². The number of carbonyl (C=O) groups is 2. The molecule has 0 radical (unpaired) electrons. The number of aryl methyl sites for hydroxylation is 1. The lowest BCUT2D eigenvalue weighted by Crippen LogP contribution is -2.49. The molecule has 2 aromatic carbocycles. The van der Waals surface area contributed by atoms with Gasteiger partial charge in [-0.2, -0.15) is 0 Å². The van der Waals surface area contributed by atoms with Gasteiger partial charge in [0, 0.05) is 53.6 Å². The summed E-state index contributed by atoms with van der Waals surface area (Å²) in [5.41, 5.74) is 1.22. The Balaban J connectivity index is 1.46. The van der Waals surface area contributed by atoms with Crippen LogP contribution in [0, 0.1) is 12.3 Å². The van der Waals surface area contributed by atoms with Crippen LogP contribution in [0.1, 0.15) is 35.2 Å². The first kappa shape index (κ1) is 24.8. The van der Waals surface area contributed by atoms with Crippen molar-refractivity contribution in [3.63, 3.8) is 0 Å². The Labute approximate surface area is 210 Å². The molecule has 2 saturated heterocycles. The Bertz CT molecular complexity index is 1010. The van der Waals surface area contributed by atoms with Crippen LogP contribution in [0.2, 0.25) is 10.0 Å². The van der Waals surface area contributed by atoms with Gasteiger partial charge in [-0.3, -0.25) is 9.59 Å². The number of morpholine rings is 1. The third-order valence-corrected chi connectivity index (χ3v) is 7.44. The van der Waals surface area contributed by atoms with E-state index >= 15 is 0 Å². The molecule has 0 aliphatic carbocycles. The normalized spacial score (nSPS) is 18.0. The lowest BCUT2D eigenvalue weighted by molar-refractivity contribution is -0.139. The van der Waals surface area contributed by atoms with E-state index in [1.165, 1.54) is 0 Å². The Morgan fingerprint density at radius 2 is 1.65 bits per heavy atom. The van der Waals surface area contributed by atoms with E-state index in [-0.39, 0.29) is 17.2 Å². The van der Waals surface area contributed by atoms with Crippen LogP contribution in [0.5, 0.6) is 5.75 Å². The molecule has 182 valence electrons. The standard InChI is InChI=1S/C26H30Cl2N2O4/c1-19-16-22(6-7-23(19)28)34-18-26(17-24(31)29-12-14-33-15-13-29)8-10-30(11-9-26)25(32)20-2-4-21(27)5-3-20/h2-7,16H,8-15,17-18H2,1H3. The molecule has 2 aromatic rings. The highest BCUT2D eigenvalue weighted by Crippen LogP contribution is 2.37. The van der Waals surface area contributed by atoms with E-state index in [2.05, 4.69) is 0 Å². The zero-order valence-electron chi connectivity index (χ0n) is 19.4. The second-order valence-electron chi connectivity index (χ2n) is 9.17. The number of hydrogen-bond acceptors (Lipinski definition) is 4. The molecule has 0 bridgehead atoms. The molecule has 0 N–H and O–H groups in total. The molecule has 8 heteroatoms. The summed E-state index contributed by atoms with van der Waals surface area (Å²) in [4.78, 5) is 29.9. The number of ether oxygens (including phenoxy) is 2. The summed E-state index contributed by atoms with van der Waals surface area (Å²) in [5.74, 6) is 0.843. The number of halogens is 2. The molecular formula is C26H30Cl2N2O4. The molecule has 0 saturated carbocycles. The van der Waals surface area contributed by atoms with Crippen molar-refractivity contribution in [1.29, 1.82) is 0 Å². The van der Waals surface area contributed by atoms with Crippen LogP contribution < -0.4 is 4.74 Å². The largest absolute Gasteiger partial charge is 0.493 e. The number of nitrogens with zero attached hydrogens (tertiary/aromatic N) is 2. The van der Waals surface area contributed by atoms with Gasteiger partial charge in [-0.15, -0.1) is 0 Å². The average Bonchev–Trinajstić information content (AvgIpc) is 2.86. The topological polar surface area (TPSA) is 59.1 Å². The molecule has 0 unspecified atom stereocenters. The second-order valence-corrected chi connectivity index (χ2v) is 10.0. The number of piperidine rings is 1. The van der Waals surface area contributed by atoms with E-state index in [0.717, 1.165) is 11.3 Å². The summed E-state index contributed by atoms with van der Waals surface area (Å²) < 4.78 is 11.6. The fourth-order valence-electron chi connectivity index (χ4n) is 4.52. The summed E-state index contributed by atoms with van der Waals surface area (Å²) in [6.07, 6.45) is 1.77. The minimum atomic E-state index is -0.348. The van der Waals surface area contributed by atoms with Crippen molar-refractivity contribution in [2.75, 3.05) is 46.0 Å². The molecule has 4 rings (SSSR count). The third-order valence-electron chi connectivity index (χ3n) is 6.77. The minimum Gasteiger partial charge on any atom is -0.493 e. The van der Waals surface area contributed by atoms with Gasteiger partial charge in [0.2, 0.25) is 5.91 Å². The quantitative estimate of drug-likeness (QED) is 0.563. The van der Waals surface area contributed by atoms with Crippen LogP contribution in [0.15, 0.2) is 42.5 Å². The number of amides is 2. The predicted octanol–water partition coefficient (Wildman–Crippen LogP) is 4.85. The molecule has 2 heterocycles. The van der Waals surface area contributed by atoms with Gasteiger partial charge >= 0.3 is 0 Å². The van der Waals surface area contributed by atoms with E-state index in [0.29, 0.717) is 80.9 Å². The first-order chi connectivity index (χ1) is 16.3. The molecule has 2 fully saturated rings. The van der Waals surface area contributed by atoms with Crippen molar-refractivity contribution >= 4 is 35.0 Å². The van der Waals surface area contributed by atoms with Crippen molar-refractivity contribution in [3.8, 4) is 5.75 Å². The maximum atomic E-state index is 13.2. The summed E-state index contributed by atoms with van der Waals surface area (Å²) in [7, 11) is 0. The first-order valence-corrected chi connectivity index (χ1v) is 12.4. The lowest BCUT2D eigenvalue weighted by atomic mass is 9.75. The highest BCUT2D eigenvalue weighted by Gasteiger charge is 2.40.